The van der Waals surface area contributed by atoms with Crippen molar-refractivity contribution in [3.8, 4) is 0 Å². The van der Waals surface area contributed by atoms with Gasteiger partial charge in [-0.05, 0) is 74.7 Å². The lowest BCUT2D eigenvalue weighted by atomic mass is 9.65. The molecule has 0 radical (unpaired) electrons. The van der Waals surface area contributed by atoms with Crippen LogP contribution in [0.5, 0.6) is 0 Å². The van der Waals surface area contributed by atoms with E-state index in [9.17, 15) is 34.6 Å². The number of fused-ring (bicyclic) bond motifs is 3. The number of rotatable bonds is 21. The van der Waals surface area contributed by atoms with E-state index in [4.69, 9.17) is 19.4 Å². The molecule has 2 saturated carbocycles. The third-order valence-corrected chi connectivity index (χ3v) is 14.1. The highest BCUT2D eigenvalue weighted by molar-refractivity contribution is 6.07. The van der Waals surface area contributed by atoms with Crippen molar-refractivity contribution in [3.63, 3.8) is 0 Å². The van der Waals surface area contributed by atoms with Crippen molar-refractivity contribution < 1.29 is 54.0 Å². The van der Waals surface area contributed by atoms with Crippen LogP contribution in [-0.4, -0.2) is 68.6 Å². The average Bonchev–Trinajstić information content (AvgIpc) is 3.67. The molecule has 4 aliphatic carbocycles. The molecule has 14 nitrogen and oxygen atoms in total. The highest BCUT2D eigenvalue weighted by Gasteiger charge is 2.96. The second-order valence-corrected chi connectivity index (χ2v) is 18.6. The predicted octanol–water partition coefficient (Wildman–Crippen LogP) is 8.44. The largest absolute Gasteiger partial charge is 0.595 e. The van der Waals surface area contributed by atoms with E-state index < -0.39 is 80.9 Å². The van der Waals surface area contributed by atoms with E-state index in [2.05, 4.69) is 17.2 Å². The van der Waals surface area contributed by atoms with E-state index >= 15 is 0 Å². The fourth-order valence-electron chi connectivity index (χ4n) is 11.1. The Bertz CT molecular complexity index is 2070. The van der Waals surface area contributed by atoms with Gasteiger partial charge in [-0.3, -0.25) is 14.4 Å². The van der Waals surface area contributed by atoms with E-state index in [-0.39, 0.29) is 30.7 Å². The van der Waals surface area contributed by atoms with Crippen molar-refractivity contribution >= 4 is 40.8 Å². The van der Waals surface area contributed by atoms with Gasteiger partial charge in [-0.2, -0.15) is 15.5 Å². The molecule has 4 N–H and O–H groups in total. The topological polar surface area (TPSA) is 209 Å². The van der Waals surface area contributed by atoms with Crippen molar-refractivity contribution in [3.05, 3.63) is 82.6 Å². The summed E-state index contributed by atoms with van der Waals surface area (Å²) in [6.07, 6.45) is 15.5. The molecule has 0 heterocycles. The van der Waals surface area contributed by atoms with E-state index in [1.807, 2.05) is 6.92 Å². The average molecular weight is 872 g/mol. The van der Waals surface area contributed by atoms with E-state index in [1.165, 1.54) is 102 Å². The number of ether oxygens (including phenoxy) is 3. The van der Waals surface area contributed by atoms with Crippen molar-refractivity contribution in [2.75, 3.05) is 6.61 Å². The van der Waals surface area contributed by atoms with E-state index in [0.29, 0.717) is 28.9 Å². The maximum Gasteiger partial charge on any atom is 0.338 e. The van der Waals surface area contributed by atoms with Gasteiger partial charge in [0.15, 0.2) is 11.3 Å². The van der Waals surface area contributed by atoms with Crippen LogP contribution < -0.4 is 5.23 Å². The number of unbranched alkanes of at least 4 members (excludes halogenated alkanes) is 10. The predicted molar refractivity (Wildman–Crippen MR) is 233 cm³/mol. The van der Waals surface area contributed by atoms with Crippen molar-refractivity contribution in [1.82, 2.24) is 0 Å². The summed E-state index contributed by atoms with van der Waals surface area (Å²) < 4.78 is 18.3. The summed E-state index contributed by atoms with van der Waals surface area (Å²) in [7, 11) is 0. The fourth-order valence-corrected chi connectivity index (χ4v) is 11.1. The number of nitrogens with one attached hydrogen (secondary N) is 1. The summed E-state index contributed by atoms with van der Waals surface area (Å²) in [5.74, 6) is -5.24. The third-order valence-electron chi connectivity index (χ3n) is 14.1. The second-order valence-electron chi connectivity index (χ2n) is 18.6. The summed E-state index contributed by atoms with van der Waals surface area (Å²) in [6, 6.07) is 12.1. The molecule has 0 aliphatic heterocycles. The quantitative estimate of drug-likeness (QED) is 0.0234. The molecule has 2 aromatic rings. The first-order valence-electron chi connectivity index (χ1n) is 22.7. The molecule has 1 unspecified atom stereocenters. The summed E-state index contributed by atoms with van der Waals surface area (Å²) in [6.45, 7) is 9.77. The molecule has 342 valence electrons. The maximum absolute atomic E-state index is 14.3. The minimum Gasteiger partial charge on any atom is -0.595 e. The van der Waals surface area contributed by atoms with Gasteiger partial charge in [-0.15, -0.1) is 0 Å². The lowest BCUT2D eigenvalue weighted by molar-refractivity contribution is -0.991. The first-order chi connectivity index (χ1) is 29.9. The number of hydrogen-bond acceptors (Lipinski definition) is 13. The number of aliphatic hydroxyl groups is 2. The Balaban J connectivity index is 1.21. The molecule has 14 heteroatoms. The lowest BCUT2D eigenvalue weighted by Crippen LogP contribution is -2.99. The second kappa shape index (κ2) is 19.6. The number of carbonyl (C=O) groups is 4. The highest BCUT2D eigenvalue weighted by atomic mass is 16.8. The Labute approximate surface area is 370 Å². The molecule has 0 aromatic heterocycles. The van der Waals surface area contributed by atoms with Crippen molar-refractivity contribution in [2.24, 2.45) is 39.3 Å². The van der Waals surface area contributed by atoms with Gasteiger partial charge in [-0.25, -0.2) is 10.0 Å². The summed E-state index contributed by atoms with van der Waals surface area (Å²) in [5.41, 5.74) is -4.32. The van der Waals surface area contributed by atoms with Crippen LogP contribution in [0.3, 0.4) is 0 Å². The van der Waals surface area contributed by atoms with Gasteiger partial charge >= 0.3 is 17.9 Å². The normalized spacial score (nSPS) is 28.9. The summed E-state index contributed by atoms with van der Waals surface area (Å²) in [5, 5.41) is 52.0. The smallest absolute Gasteiger partial charge is 0.338 e. The van der Waals surface area contributed by atoms with Crippen LogP contribution in [0.25, 0.3) is 0 Å². The zero-order valence-electron chi connectivity index (χ0n) is 37.6. The van der Waals surface area contributed by atoms with Gasteiger partial charge in [0.05, 0.1) is 22.5 Å². The number of esters is 3. The SMILES string of the molecule is CCCCCCCCCCCCCC(=O)O[C@H]1CC(COC(=O)c2ccc(N=Nc3ccc([NH+]([O-])O)cc3)cc2)=C[C@@H]2[C@]3(OC(C)=O)C(=O)C(C)=C[C@@H]3[C@H]3[C@]2([C@H]1C)[C@@]3(O)C(C)(C)O. The third kappa shape index (κ3) is 9.33. The fraction of sp³-hybridized carbons (Fsp3) is 0.592. The molecule has 0 saturated heterocycles. The molecule has 1 spiro atoms. The van der Waals surface area contributed by atoms with Gasteiger partial charge in [-0.1, -0.05) is 90.2 Å². The Kier molecular flexibility index (Phi) is 14.9. The van der Waals surface area contributed by atoms with Gasteiger partial charge in [0.25, 0.3) is 0 Å². The van der Waals surface area contributed by atoms with Gasteiger partial charge in [0.1, 0.15) is 18.3 Å². The number of ketones is 1. The first kappa shape index (κ1) is 47.9. The van der Waals surface area contributed by atoms with Crippen LogP contribution in [0.4, 0.5) is 17.1 Å². The molecule has 4 aliphatic rings. The molecule has 2 fully saturated rings. The Morgan fingerprint density at radius 1 is 0.889 bits per heavy atom. The summed E-state index contributed by atoms with van der Waals surface area (Å²) in [4.78, 5) is 54.4. The molecular formula is C49H65N3O11. The van der Waals surface area contributed by atoms with Crippen LogP contribution in [0.1, 0.15) is 135 Å². The molecule has 2 aromatic carbocycles. The Hall–Kier alpha value is -4.60. The number of carbonyl (C=O) groups excluding carboxylic acids is 4. The number of quaternary nitrogens is 1. The monoisotopic (exact) mass is 871 g/mol. The Morgan fingerprint density at radius 2 is 1.44 bits per heavy atom. The van der Waals surface area contributed by atoms with Gasteiger partial charge < -0.3 is 29.6 Å². The zero-order valence-corrected chi connectivity index (χ0v) is 37.6. The van der Waals surface area contributed by atoms with Crippen LogP contribution in [-0.2, 0) is 28.6 Å². The molecule has 0 bridgehead atoms. The minimum absolute atomic E-state index is 0.111. The number of benzene rings is 2. The highest BCUT2D eigenvalue weighted by Crippen LogP contribution is 2.86. The molecule has 63 heavy (non-hydrogen) atoms. The standard InChI is InChI=1S/C49H65N3O11/c1-7-8-9-10-11-12-13-14-15-16-17-18-42(54)62-40-28-34(30-61-45(56)35-19-21-36(22-20-35)50-51-37-23-25-38(26-24-37)52(59)60)29-41-47(32(40)3)43(49(47,58)46(5,6)57)39-27-31(2)44(55)48(39,41)63-33(4)53/h19-27,29,32,39-41,43,52,57-59H,7-18,28,30H2,1-6H3/t32-,39+,40-,41-,43-,47+,48-,49-/m0/s1. The van der Waals surface area contributed by atoms with Gasteiger partial charge in [0.2, 0.25) is 5.78 Å². The number of nitrogens with zero attached hydrogens (tertiary/aromatic N) is 2. The van der Waals surface area contributed by atoms with Crippen LogP contribution in [0.2, 0.25) is 0 Å². The first-order valence-corrected chi connectivity index (χ1v) is 22.7. The number of Topliss-reactive ketones (excluding diaryl/α,β-unsaturated/α-hetero) is 1. The molecule has 6 rings (SSSR count). The molecular weight excluding hydrogens is 807 g/mol. The molecule has 9 atom stereocenters. The van der Waals surface area contributed by atoms with Crippen LogP contribution >= 0.6 is 0 Å². The van der Waals surface area contributed by atoms with Crippen LogP contribution in [0.15, 0.2) is 82.1 Å². The van der Waals surface area contributed by atoms with Crippen molar-refractivity contribution in [1.29, 1.82) is 0 Å². The maximum atomic E-state index is 14.3. The van der Waals surface area contributed by atoms with Crippen molar-refractivity contribution in [2.45, 2.75) is 148 Å². The zero-order chi connectivity index (χ0) is 45.7. The number of hydrogen-bond donors (Lipinski definition) is 4. The Morgan fingerprint density at radius 3 is 1.98 bits per heavy atom. The van der Waals surface area contributed by atoms with Gasteiger partial charge in [0, 0.05) is 61.0 Å². The molecule has 0 amide bonds. The lowest BCUT2D eigenvalue weighted by Gasteiger charge is -2.45. The van der Waals surface area contributed by atoms with E-state index in [1.54, 1.807) is 31.2 Å². The van der Waals surface area contributed by atoms with E-state index in [0.717, 1.165) is 19.3 Å². The van der Waals surface area contributed by atoms with Crippen LogP contribution in [0, 0.1) is 34.3 Å². The minimum atomic E-state index is -1.77. The number of azo groups is 1. The summed E-state index contributed by atoms with van der Waals surface area (Å²) >= 11 is 0.